The number of anilines is 3. The molecule has 0 spiro atoms. The molecule has 0 saturated heterocycles. The van der Waals surface area contributed by atoms with Crippen molar-refractivity contribution in [2.24, 2.45) is 0 Å². The highest BCUT2D eigenvalue weighted by Crippen LogP contribution is 2.21. The van der Waals surface area contributed by atoms with Gasteiger partial charge in [0.1, 0.15) is 0 Å². The van der Waals surface area contributed by atoms with Crippen molar-refractivity contribution in [3.63, 3.8) is 0 Å². The quantitative estimate of drug-likeness (QED) is 0.749. The van der Waals surface area contributed by atoms with Gasteiger partial charge in [0, 0.05) is 18.5 Å². The van der Waals surface area contributed by atoms with Crippen LogP contribution in [0.4, 0.5) is 17.1 Å². The van der Waals surface area contributed by atoms with Crippen molar-refractivity contribution in [1.82, 2.24) is 4.98 Å². The second-order valence-electron chi connectivity index (χ2n) is 3.76. The fourth-order valence-corrected chi connectivity index (χ4v) is 1.56. The zero-order valence-electron chi connectivity index (χ0n) is 9.43. The summed E-state index contributed by atoms with van der Waals surface area (Å²) < 4.78 is 0. The van der Waals surface area contributed by atoms with E-state index in [9.17, 15) is 0 Å². The highest BCUT2D eigenvalue weighted by Gasteiger charge is 1.99. The van der Waals surface area contributed by atoms with E-state index in [0.717, 1.165) is 16.9 Å². The van der Waals surface area contributed by atoms with Crippen molar-refractivity contribution < 1.29 is 5.11 Å². The van der Waals surface area contributed by atoms with Gasteiger partial charge in [-0.05, 0) is 30.2 Å². The van der Waals surface area contributed by atoms with Crippen LogP contribution in [-0.2, 0) is 6.42 Å². The molecule has 4 nitrogen and oxygen atoms in total. The number of aromatic nitrogens is 1. The normalized spacial score (nSPS) is 10.2. The Morgan fingerprint density at radius 3 is 2.59 bits per heavy atom. The number of nitrogens with one attached hydrogen (secondary N) is 1. The van der Waals surface area contributed by atoms with Crippen LogP contribution in [0, 0.1) is 0 Å². The molecule has 0 bridgehead atoms. The number of nitrogens with two attached hydrogens (primary N) is 1. The minimum absolute atomic E-state index is 0.171. The molecular formula is C13H15N3O. The summed E-state index contributed by atoms with van der Waals surface area (Å²) in [5.41, 5.74) is 9.32. The molecule has 0 aliphatic heterocycles. The molecule has 2 rings (SSSR count). The van der Waals surface area contributed by atoms with Crippen molar-refractivity contribution in [2.75, 3.05) is 17.7 Å². The standard InChI is InChI=1S/C13H15N3O/c14-12-9-15-7-5-13(12)16-11-3-1-10(2-4-11)6-8-17/h1-5,7,9,17H,6,8,14H2,(H,15,16). The van der Waals surface area contributed by atoms with Crippen LogP contribution in [0.3, 0.4) is 0 Å². The Labute approximate surface area is 100 Å². The van der Waals surface area contributed by atoms with E-state index in [0.29, 0.717) is 12.1 Å². The number of hydrogen-bond donors (Lipinski definition) is 3. The van der Waals surface area contributed by atoms with Crippen LogP contribution >= 0.6 is 0 Å². The lowest BCUT2D eigenvalue weighted by Gasteiger charge is -2.09. The highest BCUT2D eigenvalue weighted by atomic mass is 16.2. The second kappa shape index (κ2) is 5.32. The minimum Gasteiger partial charge on any atom is -0.396 e. The van der Waals surface area contributed by atoms with Crippen LogP contribution in [-0.4, -0.2) is 16.7 Å². The first kappa shape index (κ1) is 11.4. The zero-order valence-corrected chi connectivity index (χ0v) is 9.43. The molecule has 88 valence electrons. The molecule has 0 unspecified atom stereocenters. The Morgan fingerprint density at radius 1 is 1.18 bits per heavy atom. The maximum absolute atomic E-state index is 8.82. The summed E-state index contributed by atoms with van der Waals surface area (Å²) in [6, 6.07) is 9.72. The van der Waals surface area contributed by atoms with Crippen molar-refractivity contribution in [3.8, 4) is 0 Å². The SMILES string of the molecule is Nc1cnccc1Nc1ccc(CCO)cc1. The molecule has 0 radical (unpaired) electrons. The Kier molecular flexibility index (Phi) is 3.57. The largest absolute Gasteiger partial charge is 0.396 e. The first-order chi connectivity index (χ1) is 8.29. The van der Waals surface area contributed by atoms with Gasteiger partial charge in [0.25, 0.3) is 0 Å². The molecular weight excluding hydrogens is 214 g/mol. The summed E-state index contributed by atoms with van der Waals surface area (Å²) in [7, 11) is 0. The smallest absolute Gasteiger partial charge is 0.0739 e. The number of hydrogen-bond acceptors (Lipinski definition) is 4. The lowest BCUT2D eigenvalue weighted by molar-refractivity contribution is 0.299. The summed E-state index contributed by atoms with van der Waals surface area (Å²) in [4.78, 5) is 3.93. The van der Waals surface area contributed by atoms with Gasteiger partial charge >= 0.3 is 0 Å². The fourth-order valence-electron chi connectivity index (χ4n) is 1.56. The topological polar surface area (TPSA) is 71.2 Å². The van der Waals surface area contributed by atoms with Gasteiger partial charge in [0.2, 0.25) is 0 Å². The van der Waals surface area contributed by atoms with Gasteiger partial charge in [-0.15, -0.1) is 0 Å². The molecule has 0 aliphatic rings. The minimum atomic E-state index is 0.171. The van der Waals surface area contributed by atoms with Crippen molar-refractivity contribution in [2.45, 2.75) is 6.42 Å². The van der Waals surface area contributed by atoms with E-state index >= 15 is 0 Å². The van der Waals surface area contributed by atoms with Gasteiger partial charge in [-0.25, -0.2) is 0 Å². The fraction of sp³-hybridized carbons (Fsp3) is 0.154. The Bertz CT molecular complexity index is 482. The molecule has 0 fully saturated rings. The number of rotatable bonds is 4. The summed E-state index contributed by atoms with van der Waals surface area (Å²) in [5.74, 6) is 0. The molecule has 17 heavy (non-hydrogen) atoms. The van der Waals surface area contributed by atoms with E-state index in [-0.39, 0.29) is 6.61 Å². The molecule has 4 heteroatoms. The monoisotopic (exact) mass is 229 g/mol. The van der Waals surface area contributed by atoms with Gasteiger partial charge in [0.05, 0.1) is 17.6 Å². The van der Waals surface area contributed by atoms with Crippen molar-refractivity contribution in [1.29, 1.82) is 0 Å². The number of benzene rings is 1. The summed E-state index contributed by atoms with van der Waals surface area (Å²) >= 11 is 0. The number of nitrogen functional groups attached to an aromatic ring is 1. The third kappa shape index (κ3) is 2.95. The Morgan fingerprint density at radius 2 is 1.94 bits per heavy atom. The predicted molar refractivity (Wildman–Crippen MR) is 69.2 cm³/mol. The lowest BCUT2D eigenvalue weighted by Crippen LogP contribution is -1.97. The van der Waals surface area contributed by atoms with Gasteiger partial charge in [-0.1, -0.05) is 12.1 Å². The molecule has 0 atom stereocenters. The van der Waals surface area contributed by atoms with Crippen molar-refractivity contribution >= 4 is 17.1 Å². The first-order valence-corrected chi connectivity index (χ1v) is 5.46. The third-order valence-electron chi connectivity index (χ3n) is 2.49. The average Bonchev–Trinajstić information content (AvgIpc) is 2.35. The number of aliphatic hydroxyl groups excluding tert-OH is 1. The average molecular weight is 229 g/mol. The van der Waals surface area contributed by atoms with E-state index in [1.54, 1.807) is 12.4 Å². The molecule has 1 aromatic heterocycles. The molecule has 0 amide bonds. The molecule has 1 aromatic carbocycles. The van der Waals surface area contributed by atoms with Gasteiger partial charge < -0.3 is 16.2 Å². The Hall–Kier alpha value is -2.07. The van der Waals surface area contributed by atoms with Crippen LogP contribution in [0.1, 0.15) is 5.56 Å². The first-order valence-electron chi connectivity index (χ1n) is 5.46. The molecule has 2 aromatic rings. The predicted octanol–water partition coefficient (Wildman–Crippen LogP) is 1.94. The number of pyridine rings is 1. The highest BCUT2D eigenvalue weighted by molar-refractivity contribution is 5.71. The molecule has 0 saturated carbocycles. The van der Waals surface area contributed by atoms with Crippen LogP contribution in [0.25, 0.3) is 0 Å². The zero-order chi connectivity index (χ0) is 12.1. The number of aliphatic hydroxyl groups is 1. The maximum atomic E-state index is 8.82. The van der Waals surface area contributed by atoms with Crippen LogP contribution in [0.15, 0.2) is 42.7 Å². The maximum Gasteiger partial charge on any atom is 0.0739 e. The molecule has 4 N–H and O–H groups in total. The van der Waals surface area contributed by atoms with E-state index in [1.807, 2.05) is 30.3 Å². The number of nitrogens with zero attached hydrogens (tertiary/aromatic N) is 1. The van der Waals surface area contributed by atoms with E-state index in [1.165, 1.54) is 0 Å². The summed E-state index contributed by atoms with van der Waals surface area (Å²) in [5, 5.41) is 12.0. The van der Waals surface area contributed by atoms with Crippen LogP contribution < -0.4 is 11.1 Å². The third-order valence-corrected chi connectivity index (χ3v) is 2.49. The van der Waals surface area contributed by atoms with Crippen LogP contribution in [0.2, 0.25) is 0 Å². The molecule has 0 aliphatic carbocycles. The van der Waals surface area contributed by atoms with Crippen molar-refractivity contribution in [3.05, 3.63) is 48.3 Å². The van der Waals surface area contributed by atoms with Gasteiger partial charge in [-0.3, -0.25) is 4.98 Å². The summed E-state index contributed by atoms with van der Waals surface area (Å²) in [6.45, 7) is 0.171. The van der Waals surface area contributed by atoms with Crippen LogP contribution in [0.5, 0.6) is 0 Å². The Balaban J connectivity index is 2.11. The van der Waals surface area contributed by atoms with Gasteiger partial charge in [-0.2, -0.15) is 0 Å². The molecule has 1 heterocycles. The summed E-state index contributed by atoms with van der Waals surface area (Å²) in [6.07, 6.45) is 3.99. The van der Waals surface area contributed by atoms with E-state index in [4.69, 9.17) is 10.8 Å². The lowest BCUT2D eigenvalue weighted by atomic mass is 10.1. The van der Waals surface area contributed by atoms with Gasteiger partial charge in [0.15, 0.2) is 0 Å². The second-order valence-corrected chi connectivity index (χ2v) is 3.76. The van der Waals surface area contributed by atoms with E-state index in [2.05, 4.69) is 10.3 Å². The van der Waals surface area contributed by atoms with E-state index < -0.39 is 0 Å².